The molecule has 0 spiro atoms. The number of carbonyl (C=O) groups excluding carboxylic acids is 1. The van der Waals surface area contributed by atoms with Crippen molar-refractivity contribution in [2.75, 3.05) is 31.1 Å². The highest BCUT2D eigenvalue weighted by atomic mass is 32.2. The lowest BCUT2D eigenvalue weighted by Gasteiger charge is -2.24. The molecule has 0 atom stereocenters. The molecule has 0 bridgehead atoms. The highest BCUT2D eigenvalue weighted by molar-refractivity contribution is 7.92. The summed E-state index contributed by atoms with van der Waals surface area (Å²) < 4.78 is 38.5. The van der Waals surface area contributed by atoms with Crippen molar-refractivity contribution in [3.05, 3.63) is 90.0 Å². The molecule has 0 aliphatic rings. The van der Waals surface area contributed by atoms with Gasteiger partial charge in [-0.05, 0) is 48.9 Å². The number of hydrogen-bond donors (Lipinski definition) is 1. The Hall–Kier alpha value is -3.36. The third-order valence-corrected chi connectivity index (χ3v) is 6.72. The Morgan fingerprint density at radius 2 is 1.61 bits per heavy atom. The summed E-state index contributed by atoms with van der Waals surface area (Å²) in [6.45, 7) is 2.59. The van der Waals surface area contributed by atoms with Crippen LogP contribution in [-0.4, -0.2) is 41.1 Å². The molecule has 1 N–H and O–H groups in total. The quantitative estimate of drug-likeness (QED) is 0.435. The number of methoxy groups -OCH3 is 1. The Bertz CT molecular complexity index is 1130. The Kier molecular flexibility index (Phi) is 8.46. The van der Waals surface area contributed by atoms with E-state index in [1.165, 1.54) is 19.2 Å². The van der Waals surface area contributed by atoms with Gasteiger partial charge in [0.05, 0.1) is 30.9 Å². The first-order valence-electron chi connectivity index (χ1n) is 10.5. The summed E-state index contributed by atoms with van der Waals surface area (Å²) in [6.07, 6.45) is 0. The Balaban J connectivity index is 1.66. The zero-order chi connectivity index (χ0) is 23.7. The average Bonchev–Trinajstić information content (AvgIpc) is 2.83. The van der Waals surface area contributed by atoms with Crippen LogP contribution >= 0.6 is 0 Å². The lowest BCUT2D eigenvalue weighted by molar-refractivity contribution is -0.119. The summed E-state index contributed by atoms with van der Waals surface area (Å²) in [5.74, 6) is 0.125. The predicted octanol–water partition coefficient (Wildman–Crippen LogP) is 3.53. The summed E-state index contributed by atoms with van der Waals surface area (Å²) in [6, 6.07) is 22.8. The molecule has 0 heterocycles. The largest absolute Gasteiger partial charge is 0.497 e. The number of carbonyl (C=O) groups is 1. The van der Waals surface area contributed by atoms with Crippen LogP contribution in [0.3, 0.4) is 0 Å². The van der Waals surface area contributed by atoms with E-state index >= 15 is 0 Å². The first-order valence-corrected chi connectivity index (χ1v) is 12.0. The molecule has 0 aliphatic carbocycles. The van der Waals surface area contributed by atoms with Gasteiger partial charge < -0.3 is 14.8 Å². The van der Waals surface area contributed by atoms with Crippen LogP contribution in [0.1, 0.15) is 11.1 Å². The van der Waals surface area contributed by atoms with E-state index in [9.17, 15) is 13.2 Å². The van der Waals surface area contributed by atoms with E-state index in [1.54, 1.807) is 36.4 Å². The van der Waals surface area contributed by atoms with Crippen LogP contribution in [0, 0.1) is 6.92 Å². The first kappa shape index (κ1) is 24.3. The Morgan fingerprint density at radius 1 is 0.939 bits per heavy atom. The molecule has 0 fully saturated rings. The number of rotatable bonds is 11. The van der Waals surface area contributed by atoms with Gasteiger partial charge in [0.15, 0.2) is 0 Å². The second-order valence-electron chi connectivity index (χ2n) is 7.41. The van der Waals surface area contributed by atoms with E-state index in [2.05, 4.69) is 5.32 Å². The van der Waals surface area contributed by atoms with Crippen molar-refractivity contribution in [2.24, 2.45) is 0 Å². The highest BCUT2D eigenvalue weighted by Crippen LogP contribution is 2.25. The zero-order valence-electron chi connectivity index (χ0n) is 18.7. The van der Waals surface area contributed by atoms with Crippen LogP contribution in [0.15, 0.2) is 83.8 Å². The number of benzene rings is 3. The maximum atomic E-state index is 13.4. The third-order valence-electron chi connectivity index (χ3n) is 4.94. The Labute approximate surface area is 195 Å². The van der Waals surface area contributed by atoms with E-state index in [0.717, 1.165) is 15.4 Å². The van der Waals surface area contributed by atoms with Crippen LogP contribution in [0.5, 0.6) is 5.75 Å². The number of nitrogens with one attached hydrogen (secondary N) is 1. The summed E-state index contributed by atoms with van der Waals surface area (Å²) in [7, 11) is -2.46. The smallest absolute Gasteiger partial charge is 0.264 e. The van der Waals surface area contributed by atoms with Crippen molar-refractivity contribution in [3.8, 4) is 5.75 Å². The van der Waals surface area contributed by atoms with E-state index in [1.807, 2.05) is 37.3 Å². The molecule has 7 nitrogen and oxygen atoms in total. The van der Waals surface area contributed by atoms with Crippen molar-refractivity contribution in [2.45, 2.75) is 18.4 Å². The van der Waals surface area contributed by atoms with Gasteiger partial charge in [-0.25, -0.2) is 8.42 Å². The summed E-state index contributed by atoms with van der Waals surface area (Å²) in [5, 5.41) is 2.73. The maximum Gasteiger partial charge on any atom is 0.264 e. The van der Waals surface area contributed by atoms with Gasteiger partial charge in [0.1, 0.15) is 12.3 Å². The van der Waals surface area contributed by atoms with Gasteiger partial charge in [0, 0.05) is 6.54 Å². The molecule has 0 aliphatic heterocycles. The predicted molar refractivity (Wildman–Crippen MR) is 128 cm³/mol. The number of sulfonamides is 1. The molecular weight excluding hydrogens is 440 g/mol. The minimum Gasteiger partial charge on any atom is -0.497 e. The lowest BCUT2D eigenvalue weighted by Crippen LogP contribution is -2.41. The van der Waals surface area contributed by atoms with Crippen LogP contribution in [-0.2, 0) is 26.2 Å². The second-order valence-corrected chi connectivity index (χ2v) is 9.27. The number of nitrogens with zero attached hydrogens (tertiary/aromatic N) is 1. The SMILES string of the molecule is COc1ccc(S(=O)(=O)N(CC(=O)NCCOCc2ccccc2)c2ccc(C)cc2)cc1. The van der Waals surface area contributed by atoms with Gasteiger partial charge in [-0.2, -0.15) is 0 Å². The third kappa shape index (κ3) is 6.81. The maximum absolute atomic E-state index is 13.4. The van der Waals surface area contributed by atoms with Crippen molar-refractivity contribution in [3.63, 3.8) is 0 Å². The summed E-state index contributed by atoms with van der Waals surface area (Å²) in [5.41, 5.74) is 2.44. The lowest BCUT2D eigenvalue weighted by atomic mass is 10.2. The van der Waals surface area contributed by atoms with Gasteiger partial charge in [-0.15, -0.1) is 0 Å². The molecule has 3 aromatic carbocycles. The monoisotopic (exact) mass is 468 g/mol. The standard InChI is InChI=1S/C25H28N2O5S/c1-20-8-10-22(11-9-20)27(33(29,30)24-14-12-23(31-2)13-15-24)18-25(28)26-16-17-32-19-21-6-4-3-5-7-21/h3-15H,16-19H2,1-2H3,(H,26,28). The van der Waals surface area contributed by atoms with Crippen molar-refractivity contribution < 1.29 is 22.7 Å². The normalized spacial score (nSPS) is 11.1. The highest BCUT2D eigenvalue weighted by Gasteiger charge is 2.27. The van der Waals surface area contributed by atoms with E-state index in [4.69, 9.17) is 9.47 Å². The van der Waals surface area contributed by atoms with Gasteiger partial charge >= 0.3 is 0 Å². The summed E-state index contributed by atoms with van der Waals surface area (Å²) >= 11 is 0. The van der Waals surface area contributed by atoms with E-state index in [0.29, 0.717) is 24.7 Å². The van der Waals surface area contributed by atoms with Gasteiger partial charge in [0.25, 0.3) is 10.0 Å². The fourth-order valence-corrected chi connectivity index (χ4v) is 4.54. The topological polar surface area (TPSA) is 84.9 Å². The number of amides is 1. The second kappa shape index (κ2) is 11.5. The van der Waals surface area contributed by atoms with E-state index < -0.39 is 15.9 Å². The molecule has 1 amide bonds. The molecule has 0 saturated heterocycles. The molecule has 0 radical (unpaired) electrons. The van der Waals surface area contributed by atoms with Crippen LogP contribution in [0.25, 0.3) is 0 Å². The van der Waals surface area contributed by atoms with Crippen molar-refractivity contribution in [1.29, 1.82) is 0 Å². The first-order chi connectivity index (χ1) is 15.9. The number of ether oxygens (including phenoxy) is 2. The Morgan fingerprint density at radius 3 is 2.24 bits per heavy atom. The molecule has 33 heavy (non-hydrogen) atoms. The molecule has 174 valence electrons. The molecule has 8 heteroatoms. The average molecular weight is 469 g/mol. The van der Waals surface area contributed by atoms with Gasteiger partial charge in [0.2, 0.25) is 5.91 Å². The summed E-state index contributed by atoms with van der Waals surface area (Å²) in [4.78, 5) is 12.7. The van der Waals surface area contributed by atoms with E-state index in [-0.39, 0.29) is 18.0 Å². The number of anilines is 1. The zero-order valence-corrected chi connectivity index (χ0v) is 19.5. The van der Waals surface area contributed by atoms with Gasteiger partial charge in [-0.1, -0.05) is 48.0 Å². The minimum atomic E-state index is -3.97. The number of hydrogen-bond acceptors (Lipinski definition) is 5. The van der Waals surface area contributed by atoms with Crippen LogP contribution in [0.4, 0.5) is 5.69 Å². The number of aryl methyl sites for hydroxylation is 1. The molecule has 0 unspecified atom stereocenters. The van der Waals surface area contributed by atoms with Crippen molar-refractivity contribution in [1.82, 2.24) is 5.32 Å². The molecule has 0 aromatic heterocycles. The van der Waals surface area contributed by atoms with Crippen LogP contribution in [0.2, 0.25) is 0 Å². The minimum absolute atomic E-state index is 0.0721. The fraction of sp³-hybridized carbons (Fsp3) is 0.240. The van der Waals surface area contributed by atoms with Gasteiger partial charge in [-0.3, -0.25) is 9.10 Å². The van der Waals surface area contributed by atoms with Crippen LogP contribution < -0.4 is 14.4 Å². The molecular formula is C25H28N2O5S. The molecule has 3 aromatic rings. The fourth-order valence-electron chi connectivity index (χ4n) is 3.11. The van der Waals surface area contributed by atoms with Crippen molar-refractivity contribution >= 4 is 21.6 Å². The molecule has 3 rings (SSSR count). The molecule has 0 saturated carbocycles.